The molecule has 0 radical (unpaired) electrons. The lowest BCUT2D eigenvalue weighted by Gasteiger charge is -2.26. The maximum Gasteiger partial charge on any atom is 0.243 e. The van der Waals surface area contributed by atoms with Crippen LogP contribution < -0.4 is 0 Å². The summed E-state index contributed by atoms with van der Waals surface area (Å²) in [7, 11) is -3.59. The van der Waals surface area contributed by atoms with E-state index >= 15 is 0 Å². The lowest BCUT2D eigenvalue weighted by molar-refractivity contribution is 0.391. The van der Waals surface area contributed by atoms with E-state index < -0.39 is 10.0 Å². The van der Waals surface area contributed by atoms with Crippen molar-refractivity contribution in [2.45, 2.75) is 17.9 Å². The SMILES string of the molecule is O=S(=O)(c1ccc(Cl)cc1)N1CCc2[nH]c3cc(F)ccc3c2C1. The maximum atomic E-state index is 13.4. The Morgan fingerprint density at radius 3 is 2.62 bits per heavy atom. The minimum Gasteiger partial charge on any atom is -0.358 e. The summed E-state index contributed by atoms with van der Waals surface area (Å²) in [5.41, 5.74) is 2.58. The molecule has 7 heteroatoms. The first-order chi connectivity index (χ1) is 11.4. The number of H-pyrrole nitrogens is 1. The van der Waals surface area contributed by atoms with Gasteiger partial charge in [-0.2, -0.15) is 4.31 Å². The maximum absolute atomic E-state index is 13.4. The van der Waals surface area contributed by atoms with Gasteiger partial charge >= 0.3 is 0 Å². The fourth-order valence-electron chi connectivity index (χ4n) is 3.13. The highest BCUT2D eigenvalue weighted by molar-refractivity contribution is 7.89. The van der Waals surface area contributed by atoms with Gasteiger partial charge < -0.3 is 4.98 Å². The van der Waals surface area contributed by atoms with Crippen molar-refractivity contribution in [2.24, 2.45) is 0 Å². The molecule has 1 aromatic heterocycles. The van der Waals surface area contributed by atoms with Crippen molar-refractivity contribution >= 4 is 32.5 Å². The quantitative estimate of drug-likeness (QED) is 0.753. The second-order valence-corrected chi connectivity index (χ2v) is 8.19. The van der Waals surface area contributed by atoms with Gasteiger partial charge in [-0.05, 0) is 48.0 Å². The van der Waals surface area contributed by atoms with Crippen molar-refractivity contribution in [3.05, 3.63) is 64.6 Å². The second kappa shape index (κ2) is 5.58. The third-order valence-electron chi connectivity index (χ3n) is 4.35. The molecular formula is C17H14ClFN2O2S. The van der Waals surface area contributed by atoms with E-state index in [0.29, 0.717) is 23.5 Å². The van der Waals surface area contributed by atoms with E-state index in [2.05, 4.69) is 4.98 Å². The zero-order valence-corrected chi connectivity index (χ0v) is 14.2. The van der Waals surface area contributed by atoms with Gasteiger partial charge in [-0.3, -0.25) is 0 Å². The number of halogens is 2. The van der Waals surface area contributed by atoms with Crippen molar-refractivity contribution in [1.29, 1.82) is 0 Å². The average molecular weight is 365 g/mol. The predicted molar refractivity (Wildman–Crippen MR) is 91.0 cm³/mol. The molecule has 24 heavy (non-hydrogen) atoms. The summed E-state index contributed by atoms with van der Waals surface area (Å²) in [6.45, 7) is 0.652. The number of fused-ring (bicyclic) bond motifs is 3. The summed E-state index contributed by atoms with van der Waals surface area (Å²) < 4.78 is 40.5. The van der Waals surface area contributed by atoms with Crippen LogP contribution in [0.4, 0.5) is 4.39 Å². The standard InChI is InChI=1S/C17H14ClFN2O2S/c18-11-1-4-13(5-2-11)24(22,23)21-8-7-16-15(10-21)14-6-3-12(19)9-17(14)20-16/h1-6,9,20H,7-8,10H2. The molecule has 0 atom stereocenters. The molecule has 2 aromatic carbocycles. The summed E-state index contributed by atoms with van der Waals surface area (Å²) in [4.78, 5) is 3.42. The molecule has 124 valence electrons. The molecule has 4 nitrogen and oxygen atoms in total. The smallest absolute Gasteiger partial charge is 0.243 e. The Bertz CT molecular complexity index is 1030. The molecular weight excluding hydrogens is 351 g/mol. The molecule has 0 amide bonds. The van der Waals surface area contributed by atoms with Gasteiger partial charge in [0.1, 0.15) is 5.82 Å². The number of hydrogen-bond acceptors (Lipinski definition) is 2. The van der Waals surface area contributed by atoms with Gasteiger partial charge in [0.25, 0.3) is 0 Å². The number of aromatic amines is 1. The van der Waals surface area contributed by atoms with Crippen LogP contribution in [-0.4, -0.2) is 24.3 Å². The number of sulfonamides is 1. The molecule has 0 aliphatic carbocycles. The van der Waals surface area contributed by atoms with Gasteiger partial charge in [0.15, 0.2) is 0 Å². The van der Waals surface area contributed by atoms with Crippen LogP contribution >= 0.6 is 11.6 Å². The molecule has 1 N–H and O–H groups in total. The van der Waals surface area contributed by atoms with E-state index in [0.717, 1.165) is 16.6 Å². The van der Waals surface area contributed by atoms with E-state index in [1.165, 1.54) is 28.6 Å². The Labute approximate surface area is 143 Å². The second-order valence-electron chi connectivity index (χ2n) is 5.81. The summed E-state index contributed by atoms with van der Waals surface area (Å²) in [6.07, 6.45) is 0.568. The number of nitrogens with one attached hydrogen (secondary N) is 1. The predicted octanol–water partition coefficient (Wildman–Crippen LogP) is 3.71. The topological polar surface area (TPSA) is 53.2 Å². The Morgan fingerprint density at radius 2 is 1.88 bits per heavy atom. The number of hydrogen-bond donors (Lipinski definition) is 1. The summed E-state index contributed by atoms with van der Waals surface area (Å²) >= 11 is 5.83. The van der Waals surface area contributed by atoms with Crippen molar-refractivity contribution in [3.63, 3.8) is 0 Å². The first kappa shape index (κ1) is 15.6. The molecule has 0 bridgehead atoms. The molecule has 0 fully saturated rings. The van der Waals surface area contributed by atoms with Gasteiger partial charge in [0.05, 0.1) is 4.90 Å². The minimum atomic E-state index is -3.59. The normalized spacial score (nSPS) is 15.6. The van der Waals surface area contributed by atoms with Crippen molar-refractivity contribution < 1.29 is 12.8 Å². The lowest BCUT2D eigenvalue weighted by Crippen LogP contribution is -2.35. The Kier molecular flexibility index (Phi) is 3.63. The highest BCUT2D eigenvalue weighted by Gasteiger charge is 2.30. The molecule has 0 saturated carbocycles. The van der Waals surface area contributed by atoms with Crippen LogP contribution in [0.1, 0.15) is 11.3 Å². The van der Waals surface area contributed by atoms with Gasteiger partial charge in [-0.25, -0.2) is 12.8 Å². The van der Waals surface area contributed by atoms with Crippen LogP contribution in [0.2, 0.25) is 5.02 Å². The van der Waals surface area contributed by atoms with E-state index in [4.69, 9.17) is 11.6 Å². The van der Waals surface area contributed by atoms with Crippen LogP contribution in [0.5, 0.6) is 0 Å². The monoisotopic (exact) mass is 364 g/mol. The molecule has 0 unspecified atom stereocenters. The first-order valence-electron chi connectivity index (χ1n) is 7.50. The third kappa shape index (κ3) is 2.51. The van der Waals surface area contributed by atoms with Crippen LogP contribution in [0, 0.1) is 5.82 Å². The molecule has 4 rings (SSSR count). The number of rotatable bonds is 2. The van der Waals surface area contributed by atoms with E-state index in [-0.39, 0.29) is 17.3 Å². The number of aromatic nitrogens is 1. The molecule has 0 spiro atoms. The minimum absolute atomic E-state index is 0.223. The Morgan fingerprint density at radius 1 is 1.12 bits per heavy atom. The summed E-state index contributed by atoms with van der Waals surface area (Å²) in [6, 6.07) is 10.7. The summed E-state index contributed by atoms with van der Waals surface area (Å²) in [5, 5.41) is 1.36. The number of benzene rings is 2. The fraction of sp³-hybridized carbons (Fsp3) is 0.176. The van der Waals surface area contributed by atoms with Crippen LogP contribution in [0.15, 0.2) is 47.4 Å². The van der Waals surface area contributed by atoms with E-state index in [1.807, 2.05) is 0 Å². The summed E-state index contributed by atoms with van der Waals surface area (Å²) in [5.74, 6) is -0.313. The van der Waals surface area contributed by atoms with Crippen molar-refractivity contribution in [1.82, 2.24) is 9.29 Å². The average Bonchev–Trinajstić information content (AvgIpc) is 2.91. The van der Waals surface area contributed by atoms with Crippen LogP contribution in [0.3, 0.4) is 0 Å². The Balaban J connectivity index is 1.73. The Hall–Kier alpha value is -1.89. The largest absolute Gasteiger partial charge is 0.358 e. The van der Waals surface area contributed by atoms with Crippen LogP contribution in [0.25, 0.3) is 10.9 Å². The van der Waals surface area contributed by atoms with Gasteiger partial charge in [-0.15, -0.1) is 0 Å². The number of nitrogens with zero attached hydrogens (tertiary/aromatic N) is 1. The van der Waals surface area contributed by atoms with Gasteiger partial charge in [0.2, 0.25) is 10.0 Å². The van der Waals surface area contributed by atoms with Crippen LogP contribution in [-0.2, 0) is 23.0 Å². The highest BCUT2D eigenvalue weighted by Crippen LogP contribution is 2.31. The van der Waals surface area contributed by atoms with E-state index in [1.54, 1.807) is 18.2 Å². The third-order valence-corrected chi connectivity index (χ3v) is 6.47. The van der Waals surface area contributed by atoms with Gasteiger partial charge in [-0.1, -0.05) is 11.6 Å². The van der Waals surface area contributed by atoms with Gasteiger partial charge in [0, 0.05) is 41.1 Å². The zero-order chi connectivity index (χ0) is 16.9. The van der Waals surface area contributed by atoms with Crippen molar-refractivity contribution in [2.75, 3.05) is 6.54 Å². The molecule has 1 aliphatic heterocycles. The fourth-order valence-corrected chi connectivity index (χ4v) is 4.67. The molecule has 1 aliphatic rings. The lowest BCUT2D eigenvalue weighted by atomic mass is 10.1. The highest BCUT2D eigenvalue weighted by atomic mass is 35.5. The molecule has 0 saturated heterocycles. The first-order valence-corrected chi connectivity index (χ1v) is 9.31. The molecule has 3 aromatic rings. The van der Waals surface area contributed by atoms with E-state index in [9.17, 15) is 12.8 Å². The molecule has 2 heterocycles. The zero-order valence-electron chi connectivity index (χ0n) is 12.6. The van der Waals surface area contributed by atoms with Crippen molar-refractivity contribution in [3.8, 4) is 0 Å².